The summed E-state index contributed by atoms with van der Waals surface area (Å²) in [5, 5.41) is 40.6. The fourth-order valence-corrected chi connectivity index (χ4v) is 8.02. The van der Waals surface area contributed by atoms with E-state index in [4.69, 9.17) is 4.74 Å². The van der Waals surface area contributed by atoms with Crippen molar-refractivity contribution in [3.05, 3.63) is 62.8 Å². The van der Waals surface area contributed by atoms with E-state index < -0.39 is 23.2 Å². The first-order valence-corrected chi connectivity index (χ1v) is 13.4. The maximum Gasteiger partial charge on any atom is 0.251 e. The Labute approximate surface area is 212 Å². The molecule has 2 unspecified atom stereocenters. The number of rotatable bonds is 4. The van der Waals surface area contributed by atoms with E-state index in [1.54, 1.807) is 18.2 Å². The van der Waals surface area contributed by atoms with Crippen molar-refractivity contribution in [1.29, 1.82) is 0 Å². The minimum Gasteiger partial charge on any atom is -0.632 e. The number of quaternary nitrogens is 1. The number of amides is 1. The zero-order valence-electron chi connectivity index (χ0n) is 19.4. The van der Waals surface area contributed by atoms with Gasteiger partial charge in [0.2, 0.25) is 0 Å². The number of phenolic OH excluding ortho intramolecular Hbond substituents is 1. The van der Waals surface area contributed by atoms with Crippen molar-refractivity contribution < 1.29 is 24.4 Å². The second-order valence-corrected chi connectivity index (χ2v) is 12.2. The van der Waals surface area contributed by atoms with E-state index in [0.717, 1.165) is 28.4 Å². The summed E-state index contributed by atoms with van der Waals surface area (Å²) in [6.07, 6.45) is 3.56. The molecular formula is C27H29BrN2O5. The summed E-state index contributed by atoms with van der Waals surface area (Å²) < 4.78 is 7.01. The summed E-state index contributed by atoms with van der Waals surface area (Å²) in [6, 6.07) is 9.92. The highest BCUT2D eigenvalue weighted by atomic mass is 79.9. The first-order valence-electron chi connectivity index (χ1n) is 12.6. The number of hydrogen-bond donors (Lipinski definition) is 3. The summed E-state index contributed by atoms with van der Waals surface area (Å²) in [7, 11) is 0. The summed E-state index contributed by atoms with van der Waals surface area (Å²) in [4.78, 5) is 13.2. The Morgan fingerprint density at radius 2 is 1.94 bits per heavy atom. The van der Waals surface area contributed by atoms with Crippen LogP contribution in [0.4, 0.5) is 0 Å². The quantitative estimate of drug-likeness (QED) is 0.406. The Bertz CT molecular complexity index is 1230. The number of aliphatic hydroxyl groups is 1. The van der Waals surface area contributed by atoms with E-state index in [1.807, 2.05) is 18.2 Å². The van der Waals surface area contributed by atoms with Crippen molar-refractivity contribution >= 4 is 21.8 Å². The predicted molar refractivity (Wildman–Crippen MR) is 132 cm³/mol. The molecule has 2 heterocycles. The van der Waals surface area contributed by atoms with Crippen LogP contribution in [0.3, 0.4) is 0 Å². The van der Waals surface area contributed by atoms with Gasteiger partial charge in [-0.05, 0) is 61.6 Å². The van der Waals surface area contributed by atoms with Gasteiger partial charge in [0.25, 0.3) is 5.91 Å². The molecule has 184 valence electrons. The smallest absolute Gasteiger partial charge is 0.251 e. The Kier molecular flexibility index (Phi) is 4.56. The monoisotopic (exact) mass is 540 g/mol. The van der Waals surface area contributed by atoms with Crippen molar-refractivity contribution in [2.45, 2.75) is 67.7 Å². The summed E-state index contributed by atoms with van der Waals surface area (Å²) in [5.74, 6) is 0.735. The highest BCUT2D eigenvalue weighted by Crippen LogP contribution is 2.66. The molecule has 2 aliphatic heterocycles. The van der Waals surface area contributed by atoms with Crippen LogP contribution in [-0.2, 0) is 11.8 Å². The molecule has 2 saturated carbocycles. The molecule has 7 nitrogen and oxygen atoms in total. The number of aromatic hydroxyl groups is 1. The third-order valence-corrected chi connectivity index (χ3v) is 10.0. The van der Waals surface area contributed by atoms with Gasteiger partial charge in [-0.25, -0.2) is 0 Å². The van der Waals surface area contributed by atoms with E-state index in [9.17, 15) is 20.2 Å². The lowest BCUT2D eigenvalue weighted by Gasteiger charge is -2.68. The lowest BCUT2D eigenvalue weighted by Crippen LogP contribution is -2.81. The van der Waals surface area contributed by atoms with E-state index >= 15 is 0 Å². The van der Waals surface area contributed by atoms with Crippen LogP contribution in [0.15, 0.2) is 40.9 Å². The molecule has 1 spiro atoms. The maximum atomic E-state index is 14.3. The Balaban J connectivity index is 1.31. The zero-order chi connectivity index (χ0) is 24.2. The maximum absolute atomic E-state index is 14.3. The molecule has 1 saturated heterocycles. The first kappa shape index (κ1) is 22.1. The van der Waals surface area contributed by atoms with Crippen LogP contribution in [0.2, 0.25) is 0 Å². The van der Waals surface area contributed by atoms with Crippen LogP contribution in [-0.4, -0.2) is 57.6 Å². The molecule has 3 aliphatic carbocycles. The van der Waals surface area contributed by atoms with Gasteiger partial charge in [-0.2, -0.15) is 0 Å². The number of ether oxygens (including phenoxy) is 1. The number of nitrogens with zero attached hydrogens (tertiary/aromatic N) is 1. The van der Waals surface area contributed by atoms with Crippen LogP contribution >= 0.6 is 15.9 Å². The van der Waals surface area contributed by atoms with Gasteiger partial charge < -0.3 is 30.1 Å². The minimum atomic E-state index is -1.24. The molecule has 3 fully saturated rings. The number of piperidine rings is 1. The Hall–Kier alpha value is -2.13. The normalized spacial score (nSPS) is 38.4. The molecule has 0 radical (unpaired) electrons. The van der Waals surface area contributed by atoms with Crippen molar-refractivity contribution in [3.63, 3.8) is 0 Å². The van der Waals surface area contributed by atoms with E-state index in [-0.39, 0.29) is 22.3 Å². The van der Waals surface area contributed by atoms with Gasteiger partial charge in [0.1, 0.15) is 17.7 Å². The Morgan fingerprint density at radius 1 is 1.17 bits per heavy atom. The molecule has 2 aromatic carbocycles. The second-order valence-electron chi connectivity index (χ2n) is 11.3. The minimum absolute atomic E-state index is 0.0535. The van der Waals surface area contributed by atoms with Crippen molar-refractivity contribution in [3.8, 4) is 11.5 Å². The number of hydrogen-bond acceptors (Lipinski definition) is 5. The van der Waals surface area contributed by atoms with E-state index in [1.165, 1.54) is 0 Å². The third-order valence-electron chi connectivity index (χ3n) is 9.48. The average Bonchev–Trinajstić information content (AvgIpc) is 3.56. The number of hydroxylamine groups is 3. The number of phenols is 1. The molecule has 0 aromatic heterocycles. The van der Waals surface area contributed by atoms with Gasteiger partial charge in [0, 0.05) is 34.4 Å². The highest BCUT2D eigenvalue weighted by molar-refractivity contribution is 9.10. The zero-order valence-corrected chi connectivity index (χ0v) is 21.0. The molecule has 3 N–H and O–H groups in total. The topological polar surface area (TPSA) is 102 Å². The van der Waals surface area contributed by atoms with Crippen LogP contribution < -0.4 is 10.1 Å². The van der Waals surface area contributed by atoms with Crippen LogP contribution in [0.5, 0.6) is 11.5 Å². The van der Waals surface area contributed by atoms with Gasteiger partial charge in [0.05, 0.1) is 24.5 Å². The molecule has 8 heteroatoms. The first-order chi connectivity index (χ1) is 16.7. The number of nitrogens with one attached hydrogen (secondary N) is 1. The molecule has 2 aromatic rings. The summed E-state index contributed by atoms with van der Waals surface area (Å²) in [6.45, 7) is 0.990. The van der Waals surface area contributed by atoms with Gasteiger partial charge in [-0.15, -0.1) is 0 Å². The third kappa shape index (κ3) is 2.91. The largest absolute Gasteiger partial charge is 0.632 e. The molecule has 2 bridgehead atoms. The van der Waals surface area contributed by atoms with Gasteiger partial charge in [-0.1, -0.05) is 22.0 Å². The summed E-state index contributed by atoms with van der Waals surface area (Å²) in [5.41, 5.74) is 0.350. The fraction of sp³-hybridized carbons (Fsp3) is 0.519. The fourth-order valence-electron chi connectivity index (χ4n) is 7.76. The molecule has 6 atom stereocenters. The number of benzene rings is 2. The van der Waals surface area contributed by atoms with Gasteiger partial charge in [0.15, 0.2) is 11.5 Å². The highest BCUT2D eigenvalue weighted by Gasteiger charge is 2.76. The van der Waals surface area contributed by atoms with Crippen LogP contribution in [0, 0.1) is 11.1 Å². The standard InChI is InChI=1S/C27H29BrN2O5/c28-18-6-3-16(4-7-18)25(32)29-19-9-10-27(33)21-13-17-5-8-20(31)23-22(17)26(27,24(19)35-23)11-12-30(21,34)14-15-1-2-15/h3-8,15,19,21,24,31,33H,1-2,9-14H2,(H,29,32)/t19-,21-,24+,26?,27-,30?/m1/s1. The van der Waals surface area contributed by atoms with Crippen molar-refractivity contribution in [2.24, 2.45) is 5.92 Å². The van der Waals surface area contributed by atoms with Crippen LogP contribution in [0.1, 0.15) is 53.6 Å². The lowest BCUT2D eigenvalue weighted by atomic mass is 9.48. The number of halogens is 1. The average molecular weight is 541 g/mol. The molecule has 5 aliphatic rings. The van der Waals surface area contributed by atoms with Crippen molar-refractivity contribution in [2.75, 3.05) is 13.1 Å². The van der Waals surface area contributed by atoms with E-state index in [2.05, 4.69) is 21.2 Å². The van der Waals surface area contributed by atoms with Gasteiger partial charge in [-0.3, -0.25) is 4.79 Å². The molecule has 1 amide bonds. The number of carbonyl (C=O) groups excluding carboxylic acids is 1. The molecule has 7 rings (SSSR count). The second kappa shape index (κ2) is 7.22. The molecular weight excluding hydrogens is 512 g/mol. The van der Waals surface area contributed by atoms with Gasteiger partial charge >= 0.3 is 0 Å². The van der Waals surface area contributed by atoms with E-state index in [0.29, 0.717) is 56.0 Å². The number of likely N-dealkylation sites (tertiary alicyclic amines) is 1. The van der Waals surface area contributed by atoms with Crippen LogP contribution in [0.25, 0.3) is 0 Å². The molecule has 35 heavy (non-hydrogen) atoms. The SMILES string of the molecule is O=C(N[C@@H]1CC[C@@]2(O)[C@H]3Cc4ccc(O)c5c4C2(CC[N+]3([O-])CC2CC2)[C@H]1O5)c1ccc(Br)cc1. The Morgan fingerprint density at radius 3 is 2.69 bits per heavy atom. The predicted octanol–water partition coefficient (Wildman–Crippen LogP) is 3.53. The number of carbonyl (C=O) groups is 1. The lowest BCUT2D eigenvalue weighted by molar-refractivity contribution is -0.924. The van der Waals surface area contributed by atoms with Crippen molar-refractivity contribution in [1.82, 2.24) is 5.32 Å². The summed E-state index contributed by atoms with van der Waals surface area (Å²) >= 11 is 3.40.